The van der Waals surface area contributed by atoms with Crippen molar-refractivity contribution in [1.82, 2.24) is 0 Å². The number of allylic oxidation sites excluding steroid dienone is 3. The summed E-state index contributed by atoms with van der Waals surface area (Å²) in [5.41, 5.74) is 3.10. The lowest BCUT2D eigenvalue weighted by atomic mass is 9.91. The van der Waals surface area contributed by atoms with Crippen LogP contribution in [0, 0.1) is 17.3 Å². The zero-order chi connectivity index (χ0) is 13.8. The maximum absolute atomic E-state index is 12.4. The van der Waals surface area contributed by atoms with Crippen molar-refractivity contribution in [3.05, 3.63) is 52.1 Å². The van der Waals surface area contributed by atoms with Gasteiger partial charge in [-0.2, -0.15) is 0 Å². The molecule has 2 aliphatic rings. The molecule has 2 heteroatoms. The number of fused-ring (bicyclic) bond motifs is 1. The Balaban J connectivity index is 2.02. The SMILES string of the molecule is CC1=C[C@@H]2[C@H](/C(=C\c3ccc(Cl)cc3)C1=O)C2(C)C. The number of carbonyl (C=O) groups excluding carboxylic acids is 1. The summed E-state index contributed by atoms with van der Waals surface area (Å²) in [6, 6.07) is 7.64. The maximum atomic E-state index is 12.4. The van der Waals surface area contributed by atoms with Crippen LogP contribution in [0.4, 0.5) is 0 Å². The molecule has 0 amide bonds. The second-order valence-electron chi connectivity index (χ2n) is 6.15. The summed E-state index contributed by atoms with van der Waals surface area (Å²) in [6.45, 7) is 6.39. The van der Waals surface area contributed by atoms with Crippen molar-refractivity contribution in [3.8, 4) is 0 Å². The predicted octanol–water partition coefficient (Wildman–Crippen LogP) is 4.52. The highest BCUT2D eigenvalue weighted by Crippen LogP contribution is 2.65. The first-order valence-corrected chi connectivity index (χ1v) is 6.99. The zero-order valence-corrected chi connectivity index (χ0v) is 12.2. The number of halogens is 1. The van der Waals surface area contributed by atoms with Crippen LogP contribution in [0.5, 0.6) is 0 Å². The van der Waals surface area contributed by atoms with Crippen molar-refractivity contribution in [3.63, 3.8) is 0 Å². The number of hydrogen-bond acceptors (Lipinski definition) is 1. The Morgan fingerprint density at radius 1 is 1.21 bits per heavy atom. The summed E-state index contributed by atoms with van der Waals surface area (Å²) >= 11 is 5.89. The van der Waals surface area contributed by atoms with Gasteiger partial charge in [0.15, 0.2) is 5.78 Å². The van der Waals surface area contributed by atoms with Gasteiger partial charge < -0.3 is 0 Å². The molecule has 1 aromatic rings. The minimum atomic E-state index is 0.196. The van der Waals surface area contributed by atoms with Crippen LogP contribution in [0.3, 0.4) is 0 Å². The number of benzene rings is 1. The molecule has 0 aromatic heterocycles. The molecule has 2 aliphatic carbocycles. The fourth-order valence-electron chi connectivity index (χ4n) is 3.19. The van der Waals surface area contributed by atoms with E-state index >= 15 is 0 Å². The molecule has 0 saturated heterocycles. The Morgan fingerprint density at radius 3 is 2.47 bits per heavy atom. The van der Waals surface area contributed by atoms with Crippen LogP contribution in [0.15, 0.2) is 41.5 Å². The van der Waals surface area contributed by atoms with Crippen molar-refractivity contribution < 1.29 is 4.79 Å². The molecule has 2 atom stereocenters. The van der Waals surface area contributed by atoms with Crippen molar-refractivity contribution in [2.24, 2.45) is 17.3 Å². The average molecular weight is 273 g/mol. The highest BCUT2D eigenvalue weighted by atomic mass is 35.5. The smallest absolute Gasteiger partial charge is 0.184 e. The van der Waals surface area contributed by atoms with Crippen LogP contribution in [0.1, 0.15) is 26.3 Å². The zero-order valence-electron chi connectivity index (χ0n) is 11.4. The van der Waals surface area contributed by atoms with E-state index in [4.69, 9.17) is 11.6 Å². The van der Waals surface area contributed by atoms with Crippen LogP contribution < -0.4 is 0 Å². The first-order valence-electron chi connectivity index (χ1n) is 6.61. The third-order valence-corrected chi connectivity index (χ3v) is 4.74. The molecule has 0 aliphatic heterocycles. The van der Waals surface area contributed by atoms with Gasteiger partial charge in [0, 0.05) is 16.5 Å². The van der Waals surface area contributed by atoms with Gasteiger partial charge in [-0.05, 0) is 47.6 Å². The van der Waals surface area contributed by atoms with Crippen molar-refractivity contribution >= 4 is 23.5 Å². The summed E-state index contributed by atoms with van der Waals surface area (Å²) in [4.78, 5) is 12.4. The summed E-state index contributed by atoms with van der Waals surface area (Å²) in [7, 11) is 0. The Bertz CT molecular complexity index is 605. The van der Waals surface area contributed by atoms with Crippen LogP contribution >= 0.6 is 11.6 Å². The van der Waals surface area contributed by atoms with Gasteiger partial charge >= 0.3 is 0 Å². The lowest BCUT2D eigenvalue weighted by Crippen LogP contribution is -2.11. The van der Waals surface area contributed by atoms with E-state index in [1.165, 1.54) is 0 Å². The Labute approximate surface area is 119 Å². The first-order chi connectivity index (χ1) is 8.91. The van der Waals surface area contributed by atoms with Gasteiger partial charge in [0.25, 0.3) is 0 Å². The van der Waals surface area contributed by atoms with Crippen LogP contribution in [-0.2, 0) is 4.79 Å². The first kappa shape index (κ1) is 12.7. The predicted molar refractivity (Wildman–Crippen MR) is 79.0 cm³/mol. The van der Waals surface area contributed by atoms with E-state index < -0.39 is 0 Å². The minimum absolute atomic E-state index is 0.196. The lowest BCUT2D eigenvalue weighted by molar-refractivity contribution is -0.112. The molecule has 3 rings (SSSR count). The van der Waals surface area contributed by atoms with Gasteiger partial charge in [0.1, 0.15) is 0 Å². The highest BCUT2D eigenvalue weighted by Gasteiger charge is 2.60. The second-order valence-corrected chi connectivity index (χ2v) is 6.59. The van der Waals surface area contributed by atoms with E-state index in [0.717, 1.165) is 21.7 Å². The van der Waals surface area contributed by atoms with Gasteiger partial charge in [-0.15, -0.1) is 0 Å². The molecular formula is C17H17ClO. The molecule has 0 N–H and O–H groups in total. The van der Waals surface area contributed by atoms with E-state index in [1.807, 2.05) is 37.3 Å². The van der Waals surface area contributed by atoms with Crippen LogP contribution in [0.25, 0.3) is 6.08 Å². The Morgan fingerprint density at radius 2 is 1.84 bits per heavy atom. The fourth-order valence-corrected chi connectivity index (χ4v) is 3.32. The molecular weight excluding hydrogens is 256 g/mol. The maximum Gasteiger partial charge on any atom is 0.184 e. The average Bonchev–Trinajstić information content (AvgIpc) is 2.89. The normalized spacial score (nSPS) is 30.0. The summed E-state index contributed by atoms with van der Waals surface area (Å²) in [5.74, 6) is 1.09. The number of rotatable bonds is 1. The number of Topliss-reactive ketones (excluding diaryl/α,β-unsaturated/α-hetero) is 1. The van der Waals surface area contributed by atoms with Gasteiger partial charge in [-0.25, -0.2) is 0 Å². The van der Waals surface area contributed by atoms with Crippen LogP contribution in [0.2, 0.25) is 5.02 Å². The van der Waals surface area contributed by atoms with Crippen molar-refractivity contribution in [1.29, 1.82) is 0 Å². The molecule has 1 aromatic carbocycles. The molecule has 1 nitrogen and oxygen atoms in total. The van der Waals surface area contributed by atoms with Crippen LogP contribution in [-0.4, -0.2) is 5.78 Å². The van der Waals surface area contributed by atoms with E-state index in [0.29, 0.717) is 11.8 Å². The third-order valence-electron chi connectivity index (χ3n) is 4.49. The van der Waals surface area contributed by atoms with Gasteiger partial charge in [-0.1, -0.05) is 43.7 Å². The second kappa shape index (κ2) is 4.08. The molecule has 0 spiro atoms. The molecule has 0 heterocycles. The van der Waals surface area contributed by atoms with E-state index in [1.54, 1.807) is 0 Å². The molecule has 0 unspecified atom stereocenters. The van der Waals surface area contributed by atoms with E-state index in [9.17, 15) is 4.79 Å². The molecule has 19 heavy (non-hydrogen) atoms. The third kappa shape index (κ3) is 1.97. The minimum Gasteiger partial charge on any atom is -0.289 e. The topological polar surface area (TPSA) is 17.1 Å². The molecule has 98 valence electrons. The summed E-state index contributed by atoms with van der Waals surface area (Å²) < 4.78 is 0. The Kier molecular flexibility index (Phi) is 2.72. The lowest BCUT2D eigenvalue weighted by Gasteiger charge is -2.11. The van der Waals surface area contributed by atoms with E-state index in [2.05, 4.69) is 19.9 Å². The van der Waals surface area contributed by atoms with E-state index in [-0.39, 0.29) is 11.2 Å². The molecule has 1 fully saturated rings. The Hall–Kier alpha value is -1.34. The van der Waals surface area contributed by atoms with Crippen molar-refractivity contribution in [2.75, 3.05) is 0 Å². The highest BCUT2D eigenvalue weighted by molar-refractivity contribution is 6.30. The summed E-state index contributed by atoms with van der Waals surface area (Å²) in [6.07, 6.45) is 4.17. The molecule has 0 radical (unpaired) electrons. The number of hydrogen-bond donors (Lipinski definition) is 0. The number of carbonyl (C=O) groups is 1. The molecule has 0 bridgehead atoms. The monoisotopic (exact) mass is 272 g/mol. The standard InChI is InChI=1S/C17H17ClO/c1-10-8-14-15(17(14,2)3)13(16(10)19)9-11-4-6-12(18)7-5-11/h4-9,14-15H,1-3H3/b13-9+/t14-,15+/m1/s1. The van der Waals surface area contributed by atoms with Crippen molar-refractivity contribution in [2.45, 2.75) is 20.8 Å². The van der Waals surface area contributed by atoms with Gasteiger partial charge in [0.05, 0.1) is 0 Å². The largest absolute Gasteiger partial charge is 0.289 e. The fraction of sp³-hybridized carbons (Fsp3) is 0.353. The molecule has 1 saturated carbocycles. The summed E-state index contributed by atoms with van der Waals surface area (Å²) in [5, 5.41) is 0.720. The quantitative estimate of drug-likeness (QED) is 0.687. The van der Waals surface area contributed by atoms with Gasteiger partial charge in [0.2, 0.25) is 0 Å². The van der Waals surface area contributed by atoms with Gasteiger partial charge in [-0.3, -0.25) is 4.79 Å². The number of ketones is 1.